The molecule has 4 N–H and O–H groups in total. The van der Waals surface area contributed by atoms with Crippen LogP contribution >= 0.6 is 11.3 Å². The molecule has 1 spiro atoms. The highest BCUT2D eigenvalue weighted by atomic mass is 32.3. The van der Waals surface area contributed by atoms with E-state index in [1.807, 2.05) is 17.5 Å². The molecule has 3 fully saturated rings. The van der Waals surface area contributed by atoms with Gasteiger partial charge in [0.05, 0.1) is 31.9 Å². The highest BCUT2D eigenvalue weighted by molar-refractivity contribution is 7.80. The molecule has 1 aromatic rings. The maximum Gasteiger partial charge on any atom is 0.418 e. The monoisotopic (exact) mass is 462 g/mol. The zero-order valence-corrected chi connectivity index (χ0v) is 17.4. The fourth-order valence-electron chi connectivity index (χ4n) is 4.16. The first kappa shape index (κ1) is 21.4. The maximum absolute atomic E-state index is 12.7. The van der Waals surface area contributed by atoms with E-state index in [1.54, 1.807) is 0 Å². The molecule has 12 nitrogen and oxygen atoms in total. The lowest BCUT2D eigenvalue weighted by atomic mass is 9.70. The Morgan fingerprint density at radius 1 is 1.50 bits per heavy atom. The van der Waals surface area contributed by atoms with Crippen LogP contribution in [-0.4, -0.2) is 73.3 Å². The smallest absolute Gasteiger partial charge is 0.380 e. The Hall–Kier alpha value is -1.81. The zero-order chi connectivity index (χ0) is 21.5. The van der Waals surface area contributed by atoms with E-state index in [9.17, 15) is 18.0 Å². The lowest BCUT2D eigenvalue weighted by molar-refractivity contribution is -0.192. The summed E-state index contributed by atoms with van der Waals surface area (Å²) in [5, 5.41) is 2.57. The third-order valence-corrected chi connectivity index (χ3v) is 6.96. The van der Waals surface area contributed by atoms with Crippen LogP contribution in [0.5, 0.6) is 0 Å². The van der Waals surface area contributed by atoms with Crippen LogP contribution in [0.4, 0.5) is 4.79 Å². The van der Waals surface area contributed by atoms with Gasteiger partial charge in [-0.3, -0.25) is 14.2 Å². The fraction of sp³-hybridized carbons (Fsp3) is 0.625. The van der Waals surface area contributed by atoms with Crippen molar-refractivity contribution in [2.24, 2.45) is 11.1 Å². The number of carbonyl (C=O) groups excluding carboxylic acids is 2. The van der Waals surface area contributed by atoms with Crippen LogP contribution in [0.1, 0.15) is 23.8 Å². The first-order valence-corrected chi connectivity index (χ1v) is 11.5. The topological polar surface area (TPSA) is 161 Å². The van der Waals surface area contributed by atoms with Crippen molar-refractivity contribution in [3.8, 4) is 0 Å². The molecule has 2 bridgehead atoms. The molecule has 4 rings (SSSR count). The molecule has 3 aliphatic heterocycles. The Balaban J connectivity index is 1.36. The van der Waals surface area contributed by atoms with Gasteiger partial charge in [0.2, 0.25) is 5.91 Å². The van der Waals surface area contributed by atoms with Crippen LogP contribution < -0.4 is 11.2 Å². The number of nitrogens with one attached hydrogen (secondary N) is 1. The zero-order valence-electron chi connectivity index (χ0n) is 15.8. The van der Waals surface area contributed by atoms with Gasteiger partial charge in [0.15, 0.2) is 0 Å². The number of nitrogens with zero attached hydrogens (tertiary/aromatic N) is 2. The van der Waals surface area contributed by atoms with Gasteiger partial charge in [-0.2, -0.15) is 13.5 Å². The highest BCUT2D eigenvalue weighted by Gasteiger charge is 2.62. The second-order valence-electron chi connectivity index (χ2n) is 7.65. The molecule has 3 unspecified atom stereocenters. The van der Waals surface area contributed by atoms with Gasteiger partial charge in [-0.05, 0) is 17.9 Å². The molecule has 3 atom stereocenters. The first-order chi connectivity index (χ1) is 14.2. The number of hydroxylamine groups is 3. The van der Waals surface area contributed by atoms with Gasteiger partial charge in [0.25, 0.3) is 0 Å². The molecule has 0 saturated carbocycles. The number of carbonyl (C=O) groups is 2. The predicted molar refractivity (Wildman–Crippen MR) is 102 cm³/mol. The van der Waals surface area contributed by atoms with E-state index >= 15 is 0 Å². The molecule has 14 heteroatoms. The Labute approximate surface area is 176 Å². The van der Waals surface area contributed by atoms with Crippen molar-refractivity contribution in [2.45, 2.75) is 31.0 Å². The van der Waals surface area contributed by atoms with Crippen LogP contribution in [0.3, 0.4) is 0 Å². The summed E-state index contributed by atoms with van der Waals surface area (Å²) < 4.78 is 41.1. The van der Waals surface area contributed by atoms with E-state index in [1.165, 1.54) is 16.2 Å². The average molecular weight is 463 g/mol. The number of piperidine rings is 1. The van der Waals surface area contributed by atoms with Crippen LogP contribution in [0.2, 0.25) is 0 Å². The summed E-state index contributed by atoms with van der Waals surface area (Å²) in [6, 6.07) is 1.56. The number of amides is 3. The summed E-state index contributed by atoms with van der Waals surface area (Å²) in [7, 11) is -4.87. The number of fused-ring (bicyclic) bond motifs is 3. The molecule has 0 aliphatic carbocycles. The molecule has 0 radical (unpaired) electrons. The van der Waals surface area contributed by atoms with E-state index < -0.39 is 39.8 Å². The Bertz CT molecular complexity index is 904. The normalized spacial score (nSPS) is 26.0. The van der Waals surface area contributed by atoms with Gasteiger partial charge < -0.3 is 15.4 Å². The van der Waals surface area contributed by atoms with Crippen LogP contribution in [0, 0.1) is 5.41 Å². The van der Waals surface area contributed by atoms with Crippen molar-refractivity contribution in [2.75, 3.05) is 26.4 Å². The van der Waals surface area contributed by atoms with Crippen molar-refractivity contribution in [3.63, 3.8) is 0 Å². The molecule has 166 valence electrons. The van der Waals surface area contributed by atoms with E-state index in [4.69, 9.17) is 19.9 Å². The predicted octanol–water partition coefficient (Wildman–Crippen LogP) is -0.185. The largest absolute Gasteiger partial charge is 0.418 e. The van der Waals surface area contributed by atoms with Crippen LogP contribution in [0.25, 0.3) is 0 Å². The molecule has 3 amide bonds. The Morgan fingerprint density at radius 3 is 2.87 bits per heavy atom. The quantitative estimate of drug-likeness (QED) is 0.351. The van der Waals surface area contributed by atoms with Gasteiger partial charge in [-0.1, -0.05) is 6.07 Å². The number of thiophene rings is 1. The third-order valence-electron chi connectivity index (χ3n) is 5.61. The van der Waals surface area contributed by atoms with E-state index in [0.29, 0.717) is 24.7 Å². The van der Waals surface area contributed by atoms with Gasteiger partial charge in [0, 0.05) is 29.3 Å². The summed E-state index contributed by atoms with van der Waals surface area (Å²) in [6.45, 7) is 0.859. The number of rotatable bonds is 8. The van der Waals surface area contributed by atoms with Crippen molar-refractivity contribution in [3.05, 3.63) is 22.4 Å². The molecule has 3 aliphatic rings. The minimum atomic E-state index is -4.87. The van der Waals surface area contributed by atoms with Crippen LogP contribution in [0.15, 0.2) is 17.5 Å². The minimum Gasteiger partial charge on any atom is -0.380 e. The molecule has 0 aromatic carbocycles. The number of hydrogen-bond donors (Lipinski definition) is 3. The second-order valence-corrected chi connectivity index (χ2v) is 9.64. The summed E-state index contributed by atoms with van der Waals surface area (Å²) >= 11 is 1.49. The van der Waals surface area contributed by atoms with Crippen LogP contribution in [-0.2, 0) is 29.1 Å². The highest BCUT2D eigenvalue weighted by Crippen LogP contribution is 2.48. The maximum atomic E-state index is 12.7. The minimum absolute atomic E-state index is 0.0475. The van der Waals surface area contributed by atoms with E-state index in [2.05, 4.69) is 9.76 Å². The first-order valence-electron chi connectivity index (χ1n) is 9.23. The summed E-state index contributed by atoms with van der Waals surface area (Å²) in [5.74, 6) is -0.436. The van der Waals surface area contributed by atoms with Crippen molar-refractivity contribution in [1.29, 1.82) is 0 Å². The second kappa shape index (κ2) is 8.03. The molecule has 4 heterocycles. The summed E-state index contributed by atoms with van der Waals surface area (Å²) in [4.78, 5) is 32.5. The third kappa shape index (κ3) is 4.16. The van der Waals surface area contributed by atoms with Gasteiger partial charge in [-0.25, -0.2) is 10.3 Å². The van der Waals surface area contributed by atoms with Crippen molar-refractivity contribution >= 4 is 33.7 Å². The lowest BCUT2D eigenvalue weighted by Gasteiger charge is -2.50. The number of urea groups is 1. The molecule has 3 saturated heterocycles. The number of hydrogen-bond acceptors (Lipinski definition) is 9. The number of nitrogens with two attached hydrogens (primary N) is 1. The molecular weight excluding hydrogens is 440 g/mol. The Kier molecular flexibility index (Phi) is 5.73. The molecule has 30 heavy (non-hydrogen) atoms. The standard InChI is InChI=1S/C16H22N4O8S2/c17-11(12-2-1-3-29-12)7-27-18-14(21)4-10-5-16(8-26-9-16)13-6-19(10)15(22)20(13)28-30(23,24)25/h1-3,10-11,13H,4-9,17H2,(H,18,21)(H,23,24,25). The van der Waals surface area contributed by atoms with E-state index in [0.717, 1.165) is 4.88 Å². The van der Waals surface area contributed by atoms with Gasteiger partial charge in [0.1, 0.15) is 0 Å². The summed E-state index contributed by atoms with van der Waals surface area (Å²) in [5.41, 5.74) is 7.79. The van der Waals surface area contributed by atoms with Crippen molar-refractivity contribution in [1.82, 2.24) is 15.4 Å². The van der Waals surface area contributed by atoms with Gasteiger partial charge in [-0.15, -0.1) is 15.6 Å². The van der Waals surface area contributed by atoms with Crippen molar-refractivity contribution < 1.29 is 36.4 Å². The molecule has 1 aromatic heterocycles. The summed E-state index contributed by atoms with van der Waals surface area (Å²) in [6.07, 6.45) is 0.380. The number of ether oxygens (including phenoxy) is 1. The fourth-order valence-corrected chi connectivity index (χ4v) is 5.24. The SMILES string of the molecule is NC(CONC(=O)CC1CC2(COC2)C2CN1C(=O)N2OS(=O)(=O)O)c1cccs1. The van der Waals surface area contributed by atoms with E-state index in [-0.39, 0.29) is 25.6 Å². The van der Waals surface area contributed by atoms with Gasteiger partial charge >= 0.3 is 16.4 Å². The average Bonchev–Trinajstić information content (AvgIpc) is 3.25. The lowest BCUT2D eigenvalue weighted by Crippen LogP contribution is -2.61. The molecular formula is C16H22N4O8S2. The Morgan fingerprint density at radius 2 is 2.27 bits per heavy atom.